The van der Waals surface area contributed by atoms with Crippen molar-refractivity contribution in [2.75, 3.05) is 17.7 Å². The van der Waals surface area contributed by atoms with E-state index in [1.54, 1.807) is 19.9 Å². The van der Waals surface area contributed by atoms with Crippen LogP contribution in [0, 0.1) is 13.8 Å². The first kappa shape index (κ1) is 25.4. The minimum atomic E-state index is -0.445. The molecule has 0 saturated carbocycles. The van der Waals surface area contributed by atoms with Crippen molar-refractivity contribution in [3.05, 3.63) is 58.9 Å². The predicted octanol–water partition coefficient (Wildman–Crippen LogP) is 4.58. The van der Waals surface area contributed by atoms with Crippen molar-refractivity contribution in [3.63, 3.8) is 0 Å². The highest BCUT2D eigenvalue weighted by atomic mass is 32.2. The number of esters is 1. The first-order valence-corrected chi connectivity index (χ1v) is 12.5. The average molecular weight is 502 g/mol. The van der Waals surface area contributed by atoms with Gasteiger partial charge >= 0.3 is 5.97 Å². The number of rotatable bonds is 11. The number of thioether (sulfide) groups is 1. The Morgan fingerprint density at radius 1 is 1.32 bits per heavy atom. The molecule has 0 aliphatic heterocycles. The second kappa shape index (κ2) is 11.8. The lowest BCUT2D eigenvalue weighted by molar-refractivity contribution is -0.113. The van der Waals surface area contributed by atoms with Gasteiger partial charge in [0.15, 0.2) is 22.2 Å². The summed E-state index contributed by atoms with van der Waals surface area (Å²) in [5, 5.41) is 12.2. The third kappa shape index (κ3) is 6.45. The number of nitrogens with zero attached hydrogens (tertiary/aromatic N) is 4. The molecule has 1 amide bonds. The third-order valence-electron chi connectivity index (χ3n) is 4.56. The van der Waals surface area contributed by atoms with Gasteiger partial charge in [-0.15, -0.1) is 16.8 Å². The lowest BCUT2D eigenvalue weighted by Crippen LogP contribution is -2.15. The van der Waals surface area contributed by atoms with Gasteiger partial charge in [0.25, 0.3) is 0 Å². The van der Waals surface area contributed by atoms with Gasteiger partial charge in [0, 0.05) is 6.54 Å². The lowest BCUT2D eigenvalue weighted by Gasteiger charge is -2.16. The van der Waals surface area contributed by atoms with E-state index in [2.05, 4.69) is 27.1 Å². The molecule has 3 rings (SSSR count). The van der Waals surface area contributed by atoms with Crippen LogP contribution in [-0.2, 0) is 16.1 Å². The zero-order chi connectivity index (χ0) is 24.7. The maximum atomic E-state index is 12.5. The van der Waals surface area contributed by atoms with Crippen LogP contribution in [0.5, 0.6) is 5.75 Å². The minimum absolute atomic E-state index is 0.0930. The lowest BCUT2D eigenvalue weighted by atomic mass is 10.2. The van der Waals surface area contributed by atoms with Gasteiger partial charge < -0.3 is 14.8 Å². The highest BCUT2D eigenvalue weighted by molar-refractivity contribution is 7.99. The van der Waals surface area contributed by atoms with Crippen molar-refractivity contribution in [2.24, 2.45) is 0 Å². The average Bonchev–Trinajstić information content (AvgIpc) is 3.35. The SMILES string of the molecule is C=CCn1c(SCC(=O)Nc2nc(C)c(C(=O)OCC)s2)nnc1C(C)Oc1cccc(C)c1. The molecule has 1 aromatic carbocycles. The van der Waals surface area contributed by atoms with Gasteiger partial charge in [0.1, 0.15) is 10.6 Å². The highest BCUT2D eigenvalue weighted by Gasteiger charge is 2.21. The molecule has 1 atom stereocenters. The van der Waals surface area contributed by atoms with Crippen LogP contribution in [0.2, 0.25) is 0 Å². The molecule has 11 heteroatoms. The molecule has 2 heterocycles. The van der Waals surface area contributed by atoms with Gasteiger partial charge in [-0.05, 0) is 45.4 Å². The smallest absolute Gasteiger partial charge is 0.350 e. The molecule has 3 aromatic rings. The standard InChI is InChI=1S/C23H27N5O4S2/c1-6-11-28-20(16(5)32-17-10-8-9-14(3)12-17)26-27-23(28)33-13-18(29)25-22-24-15(4)19(34-22)21(30)31-7-2/h6,8-10,12,16H,1,7,11,13H2,2-5H3,(H,24,25,29). The second-order valence-electron chi connectivity index (χ2n) is 7.31. The van der Waals surface area contributed by atoms with E-state index in [1.807, 2.05) is 42.7 Å². The van der Waals surface area contributed by atoms with Crippen LogP contribution < -0.4 is 10.1 Å². The van der Waals surface area contributed by atoms with Crippen molar-refractivity contribution in [3.8, 4) is 5.75 Å². The number of anilines is 1. The maximum absolute atomic E-state index is 12.5. The number of benzene rings is 1. The van der Waals surface area contributed by atoms with Gasteiger partial charge in [0.2, 0.25) is 5.91 Å². The van der Waals surface area contributed by atoms with Crippen LogP contribution in [0.4, 0.5) is 5.13 Å². The number of hydrogen-bond donors (Lipinski definition) is 1. The number of allylic oxidation sites excluding steroid dienone is 1. The van der Waals surface area contributed by atoms with Crippen LogP contribution in [-0.4, -0.2) is 44.0 Å². The fraction of sp³-hybridized carbons (Fsp3) is 0.348. The molecule has 2 aromatic heterocycles. The first-order chi connectivity index (χ1) is 16.3. The molecule has 0 bridgehead atoms. The Bertz CT molecular complexity index is 1170. The molecule has 1 unspecified atom stereocenters. The molecule has 0 aliphatic carbocycles. The van der Waals surface area contributed by atoms with E-state index in [0.29, 0.717) is 33.2 Å². The molecule has 0 radical (unpaired) electrons. The summed E-state index contributed by atoms with van der Waals surface area (Å²) < 4.78 is 12.9. The summed E-state index contributed by atoms with van der Waals surface area (Å²) in [5.41, 5.74) is 1.62. The van der Waals surface area contributed by atoms with E-state index in [9.17, 15) is 9.59 Å². The number of carbonyl (C=O) groups is 2. The van der Waals surface area contributed by atoms with E-state index in [1.165, 1.54) is 11.8 Å². The largest absolute Gasteiger partial charge is 0.483 e. The molecule has 1 N–H and O–H groups in total. The van der Waals surface area contributed by atoms with Gasteiger partial charge in [0.05, 0.1) is 18.1 Å². The summed E-state index contributed by atoms with van der Waals surface area (Å²) >= 11 is 2.33. The van der Waals surface area contributed by atoms with Crippen LogP contribution >= 0.6 is 23.1 Å². The molecule has 180 valence electrons. The van der Waals surface area contributed by atoms with E-state index < -0.39 is 5.97 Å². The molecule has 0 spiro atoms. The second-order valence-corrected chi connectivity index (χ2v) is 9.25. The Kier molecular flexibility index (Phi) is 8.83. The zero-order valence-electron chi connectivity index (χ0n) is 19.5. The van der Waals surface area contributed by atoms with Gasteiger partial charge in [-0.2, -0.15) is 0 Å². The fourth-order valence-electron chi connectivity index (χ4n) is 3.08. The monoisotopic (exact) mass is 501 g/mol. The topological polar surface area (TPSA) is 108 Å². The highest BCUT2D eigenvalue weighted by Crippen LogP contribution is 2.26. The molecule has 34 heavy (non-hydrogen) atoms. The van der Waals surface area contributed by atoms with Gasteiger partial charge in [-0.25, -0.2) is 9.78 Å². The number of ether oxygens (including phenoxy) is 2. The number of aryl methyl sites for hydroxylation is 2. The maximum Gasteiger partial charge on any atom is 0.350 e. The minimum Gasteiger partial charge on any atom is -0.483 e. The number of nitrogens with one attached hydrogen (secondary N) is 1. The van der Waals surface area contributed by atoms with E-state index in [4.69, 9.17) is 9.47 Å². The van der Waals surface area contributed by atoms with Crippen LogP contribution in [0.25, 0.3) is 0 Å². The van der Waals surface area contributed by atoms with E-state index >= 15 is 0 Å². The summed E-state index contributed by atoms with van der Waals surface area (Å²) in [6.45, 7) is 11.9. The van der Waals surface area contributed by atoms with Gasteiger partial charge in [-0.3, -0.25) is 9.36 Å². The van der Waals surface area contributed by atoms with Crippen LogP contribution in [0.3, 0.4) is 0 Å². The van der Waals surface area contributed by atoms with Crippen molar-refractivity contribution < 1.29 is 19.1 Å². The quantitative estimate of drug-likeness (QED) is 0.231. The third-order valence-corrected chi connectivity index (χ3v) is 6.58. The van der Waals surface area contributed by atoms with E-state index in [-0.39, 0.29) is 24.4 Å². The Labute approximate surface area is 206 Å². The fourth-order valence-corrected chi connectivity index (χ4v) is 4.71. The number of thiazole rings is 1. The molecule has 0 saturated heterocycles. The van der Waals surface area contributed by atoms with Crippen LogP contribution in [0.15, 0.2) is 42.1 Å². The molecule has 0 fully saturated rings. The van der Waals surface area contributed by atoms with Crippen molar-refractivity contribution >= 4 is 40.1 Å². The Morgan fingerprint density at radius 2 is 2.12 bits per heavy atom. The number of hydrogen-bond acceptors (Lipinski definition) is 9. The van der Waals surface area contributed by atoms with Crippen molar-refractivity contribution in [1.82, 2.24) is 19.7 Å². The number of aromatic nitrogens is 4. The molecule has 0 aliphatic rings. The number of carbonyl (C=O) groups excluding carboxylic acids is 2. The number of amides is 1. The Hall–Kier alpha value is -3.18. The predicted molar refractivity (Wildman–Crippen MR) is 133 cm³/mol. The zero-order valence-corrected chi connectivity index (χ0v) is 21.2. The van der Waals surface area contributed by atoms with E-state index in [0.717, 1.165) is 22.6 Å². The van der Waals surface area contributed by atoms with Gasteiger partial charge in [-0.1, -0.05) is 41.3 Å². The Balaban J connectivity index is 1.65. The normalized spacial score (nSPS) is 11.6. The summed E-state index contributed by atoms with van der Waals surface area (Å²) in [7, 11) is 0. The van der Waals surface area contributed by atoms with Crippen molar-refractivity contribution in [1.29, 1.82) is 0 Å². The summed E-state index contributed by atoms with van der Waals surface area (Å²) in [4.78, 5) is 29.1. The summed E-state index contributed by atoms with van der Waals surface area (Å²) in [6.07, 6.45) is 1.39. The summed E-state index contributed by atoms with van der Waals surface area (Å²) in [6, 6.07) is 7.79. The van der Waals surface area contributed by atoms with Crippen molar-refractivity contribution in [2.45, 2.75) is 45.5 Å². The Morgan fingerprint density at radius 3 is 2.82 bits per heavy atom. The van der Waals surface area contributed by atoms with Crippen LogP contribution in [0.1, 0.15) is 46.7 Å². The molecule has 9 nitrogen and oxygen atoms in total. The molecular weight excluding hydrogens is 474 g/mol. The molecular formula is C23H27N5O4S2. The summed E-state index contributed by atoms with van der Waals surface area (Å²) in [5.74, 6) is 0.761. The first-order valence-electron chi connectivity index (χ1n) is 10.7.